The second kappa shape index (κ2) is 9.02. The molecule has 1 aliphatic heterocycles. The number of nitrogens with one attached hydrogen (secondary N) is 1. The minimum absolute atomic E-state index is 0.0640. The number of hydrogen-bond acceptors (Lipinski definition) is 4. The van der Waals surface area contributed by atoms with Crippen LogP contribution in [-0.2, 0) is 11.1 Å². The zero-order chi connectivity index (χ0) is 14.3. The summed E-state index contributed by atoms with van der Waals surface area (Å²) in [5.41, 5.74) is 0. The topological polar surface area (TPSA) is 72.8 Å². The van der Waals surface area contributed by atoms with Crippen molar-refractivity contribution in [2.24, 2.45) is 5.92 Å². The van der Waals surface area contributed by atoms with Crippen LogP contribution in [0.25, 0.3) is 0 Å². The minimum atomic E-state index is -1.80. The van der Waals surface area contributed by atoms with Crippen LogP contribution in [0.4, 0.5) is 0 Å². The first kappa shape index (κ1) is 17.0. The van der Waals surface area contributed by atoms with Gasteiger partial charge in [-0.3, -0.25) is 4.90 Å². The number of piperidine rings is 1. The van der Waals surface area contributed by atoms with Crippen LogP contribution in [0, 0.1) is 5.92 Å². The Morgan fingerprint density at radius 2 is 1.89 bits per heavy atom. The number of aliphatic hydroxyl groups is 1. The zero-order valence-electron chi connectivity index (χ0n) is 12.0. The van der Waals surface area contributed by atoms with E-state index in [0.29, 0.717) is 18.9 Å². The van der Waals surface area contributed by atoms with Crippen molar-refractivity contribution < 1.29 is 13.9 Å². The van der Waals surface area contributed by atoms with Gasteiger partial charge in [0.25, 0.3) is 0 Å². The first-order chi connectivity index (χ1) is 9.06. The summed E-state index contributed by atoms with van der Waals surface area (Å²) in [4.78, 5) is 2.13. The Hall–Kier alpha value is -0.0100. The predicted molar refractivity (Wildman–Crippen MR) is 78.3 cm³/mol. The van der Waals surface area contributed by atoms with Crippen LogP contribution >= 0.6 is 0 Å². The van der Waals surface area contributed by atoms with Crippen molar-refractivity contribution >= 4 is 11.1 Å². The van der Waals surface area contributed by atoms with Crippen molar-refractivity contribution in [2.45, 2.75) is 50.9 Å². The molecule has 3 atom stereocenters. The Balaban J connectivity index is 2.39. The Bertz CT molecular complexity index is 271. The fourth-order valence-corrected chi connectivity index (χ4v) is 3.31. The minimum Gasteiger partial charge on any atom is -0.395 e. The van der Waals surface area contributed by atoms with Crippen LogP contribution in [0.3, 0.4) is 0 Å². The summed E-state index contributed by atoms with van der Waals surface area (Å²) >= 11 is -1.80. The van der Waals surface area contributed by atoms with Gasteiger partial charge in [-0.15, -0.1) is 0 Å². The van der Waals surface area contributed by atoms with E-state index in [-0.39, 0.29) is 18.0 Å². The molecule has 0 aromatic rings. The van der Waals surface area contributed by atoms with E-state index in [0.717, 1.165) is 25.9 Å². The fraction of sp³-hybridized carbons (Fsp3) is 1.00. The Morgan fingerprint density at radius 3 is 2.37 bits per heavy atom. The third-order valence-corrected chi connectivity index (χ3v) is 4.83. The molecule has 0 aromatic heterocycles. The summed E-state index contributed by atoms with van der Waals surface area (Å²) in [6, 6.07) is 0.0640. The van der Waals surface area contributed by atoms with Gasteiger partial charge >= 0.3 is 0 Å². The SMILES string of the molecule is CC(C)C(CO)NCCC(N1CCCCC1)S(=O)O. The van der Waals surface area contributed by atoms with Gasteiger partial charge in [0.2, 0.25) is 0 Å². The molecule has 1 aliphatic rings. The maximum atomic E-state index is 11.5. The quantitative estimate of drug-likeness (QED) is 0.583. The molecule has 1 fully saturated rings. The first-order valence-corrected chi connectivity index (χ1v) is 8.41. The summed E-state index contributed by atoms with van der Waals surface area (Å²) < 4.78 is 20.9. The van der Waals surface area contributed by atoms with Crippen molar-refractivity contribution in [3.63, 3.8) is 0 Å². The average molecular weight is 292 g/mol. The number of aliphatic hydroxyl groups excluding tert-OH is 1. The smallest absolute Gasteiger partial charge is 0.170 e. The summed E-state index contributed by atoms with van der Waals surface area (Å²) in [7, 11) is 0. The monoisotopic (exact) mass is 292 g/mol. The molecule has 0 spiro atoms. The molecule has 1 saturated heterocycles. The average Bonchev–Trinajstić information content (AvgIpc) is 2.39. The number of nitrogens with zero attached hydrogens (tertiary/aromatic N) is 1. The third kappa shape index (κ3) is 5.87. The van der Waals surface area contributed by atoms with E-state index in [4.69, 9.17) is 0 Å². The van der Waals surface area contributed by atoms with E-state index in [1.807, 2.05) is 0 Å². The molecule has 5 nitrogen and oxygen atoms in total. The molecular weight excluding hydrogens is 264 g/mol. The van der Waals surface area contributed by atoms with Gasteiger partial charge in [0.15, 0.2) is 11.1 Å². The lowest BCUT2D eigenvalue weighted by molar-refractivity contribution is 0.185. The van der Waals surface area contributed by atoms with Gasteiger partial charge in [-0.05, 0) is 44.8 Å². The molecule has 1 heterocycles. The van der Waals surface area contributed by atoms with Crippen LogP contribution in [0.5, 0.6) is 0 Å². The highest BCUT2D eigenvalue weighted by Crippen LogP contribution is 2.16. The molecule has 0 saturated carbocycles. The van der Waals surface area contributed by atoms with Crippen LogP contribution in [-0.4, -0.2) is 56.4 Å². The van der Waals surface area contributed by atoms with E-state index in [1.54, 1.807) is 0 Å². The molecule has 0 aliphatic carbocycles. The maximum Gasteiger partial charge on any atom is 0.170 e. The molecule has 3 N–H and O–H groups in total. The lowest BCUT2D eigenvalue weighted by Crippen LogP contribution is -2.45. The van der Waals surface area contributed by atoms with Gasteiger partial charge in [0.05, 0.1) is 6.61 Å². The Kier molecular flexibility index (Phi) is 8.09. The Morgan fingerprint density at radius 1 is 1.26 bits per heavy atom. The molecule has 0 bridgehead atoms. The van der Waals surface area contributed by atoms with E-state index >= 15 is 0 Å². The summed E-state index contributed by atoms with van der Waals surface area (Å²) in [6.07, 6.45) is 4.10. The maximum absolute atomic E-state index is 11.5. The normalized spacial score (nSPS) is 22.4. The zero-order valence-corrected chi connectivity index (χ0v) is 12.9. The van der Waals surface area contributed by atoms with Gasteiger partial charge in [-0.25, -0.2) is 4.21 Å². The van der Waals surface area contributed by atoms with Crippen LogP contribution in [0.2, 0.25) is 0 Å². The second-order valence-corrected chi connectivity index (χ2v) is 6.70. The number of hydrogen-bond donors (Lipinski definition) is 3. The predicted octanol–water partition coefficient (Wildman–Crippen LogP) is 1.02. The van der Waals surface area contributed by atoms with Crippen LogP contribution < -0.4 is 5.32 Å². The molecule has 0 aromatic carbocycles. The molecule has 3 unspecified atom stereocenters. The van der Waals surface area contributed by atoms with E-state index < -0.39 is 11.1 Å². The number of likely N-dealkylation sites (tertiary alicyclic amines) is 1. The molecule has 0 amide bonds. The lowest BCUT2D eigenvalue weighted by Gasteiger charge is -2.32. The molecular formula is C13H28N2O3S. The number of rotatable bonds is 8. The van der Waals surface area contributed by atoms with E-state index in [2.05, 4.69) is 24.1 Å². The third-order valence-electron chi connectivity index (χ3n) is 3.83. The molecule has 0 radical (unpaired) electrons. The highest BCUT2D eigenvalue weighted by molar-refractivity contribution is 7.79. The van der Waals surface area contributed by atoms with Crippen LogP contribution in [0.15, 0.2) is 0 Å². The summed E-state index contributed by atoms with van der Waals surface area (Å²) in [5.74, 6) is 0.359. The standard InChI is InChI=1S/C13H28N2O3S/c1-11(2)12(10-16)14-7-6-13(19(17)18)15-8-4-3-5-9-15/h11-14,16H,3-10H2,1-2H3,(H,17,18). The molecule has 114 valence electrons. The van der Waals surface area contributed by atoms with Crippen molar-refractivity contribution in [3.8, 4) is 0 Å². The molecule has 1 rings (SSSR count). The highest BCUT2D eigenvalue weighted by atomic mass is 32.2. The van der Waals surface area contributed by atoms with Gasteiger partial charge in [-0.2, -0.15) is 0 Å². The molecule has 6 heteroatoms. The first-order valence-electron chi connectivity index (χ1n) is 7.24. The van der Waals surface area contributed by atoms with Crippen molar-refractivity contribution in [1.29, 1.82) is 0 Å². The van der Waals surface area contributed by atoms with Gasteiger partial charge in [0.1, 0.15) is 5.37 Å². The highest BCUT2D eigenvalue weighted by Gasteiger charge is 2.25. The molecule has 19 heavy (non-hydrogen) atoms. The largest absolute Gasteiger partial charge is 0.395 e. The summed E-state index contributed by atoms with van der Waals surface area (Å²) in [5, 5.41) is 12.2. The second-order valence-electron chi connectivity index (χ2n) is 5.60. The van der Waals surface area contributed by atoms with Gasteiger partial charge in [0, 0.05) is 6.04 Å². The van der Waals surface area contributed by atoms with Gasteiger partial charge in [-0.1, -0.05) is 20.3 Å². The van der Waals surface area contributed by atoms with Crippen LogP contribution in [0.1, 0.15) is 39.5 Å². The fourth-order valence-electron chi connectivity index (χ4n) is 2.52. The van der Waals surface area contributed by atoms with E-state index in [9.17, 15) is 13.9 Å². The Labute approximate surface area is 119 Å². The lowest BCUT2D eigenvalue weighted by atomic mass is 10.1. The summed E-state index contributed by atoms with van der Waals surface area (Å²) in [6.45, 7) is 6.72. The van der Waals surface area contributed by atoms with E-state index in [1.165, 1.54) is 6.42 Å². The van der Waals surface area contributed by atoms with Crippen molar-refractivity contribution in [2.75, 3.05) is 26.2 Å². The van der Waals surface area contributed by atoms with Crippen molar-refractivity contribution in [1.82, 2.24) is 10.2 Å². The van der Waals surface area contributed by atoms with Crippen molar-refractivity contribution in [3.05, 3.63) is 0 Å². The van der Waals surface area contributed by atoms with Gasteiger partial charge < -0.3 is 15.0 Å².